The summed E-state index contributed by atoms with van der Waals surface area (Å²) in [5.41, 5.74) is 5.64. The number of fused-ring (bicyclic) bond motifs is 2. The molecule has 0 aliphatic carbocycles. The molecule has 1 N–H and O–H groups in total. The predicted octanol–water partition coefficient (Wildman–Crippen LogP) is 8.69. The zero-order valence-corrected chi connectivity index (χ0v) is 23.5. The van der Waals surface area contributed by atoms with Gasteiger partial charge in [-0.2, -0.15) is 0 Å². The van der Waals surface area contributed by atoms with Crippen LogP contribution >= 0.6 is 0 Å². The predicted molar refractivity (Wildman–Crippen MR) is 161 cm³/mol. The van der Waals surface area contributed by atoms with Gasteiger partial charge in [-0.25, -0.2) is 0 Å². The molecule has 0 saturated heterocycles. The first-order chi connectivity index (χ1) is 17.8. The maximum Gasteiger partial charge on any atom is 0.171 e. The summed E-state index contributed by atoms with van der Waals surface area (Å²) in [5.74, 6) is 0. The Kier molecular flexibility index (Phi) is 5.83. The summed E-state index contributed by atoms with van der Waals surface area (Å²) in [6, 6.07) is 29.1. The molecule has 0 amide bonds. The summed E-state index contributed by atoms with van der Waals surface area (Å²) < 4.78 is 6.26. The molecule has 2 nitrogen and oxygen atoms in total. The van der Waals surface area contributed by atoms with Crippen molar-refractivity contribution in [1.82, 2.24) is 0 Å². The first-order valence-corrected chi connectivity index (χ1v) is 16.0. The van der Waals surface area contributed by atoms with Crippen LogP contribution in [0.15, 0.2) is 78.9 Å². The molecule has 3 heteroatoms. The van der Waals surface area contributed by atoms with E-state index in [1.165, 1.54) is 59.8 Å². The fourth-order valence-electron chi connectivity index (χ4n) is 5.85. The standard InChI is InChI=1S/C34H34O2Si/c1-34(2,3)23-17-22(19-35)31(20-36-37(4)5)30(18-23)24-15-16-29-27-12-7-10-21-9-6-11-26(32(21)27)28-14-8-13-25(24)33(28)29/h6-18,35,37H,19-20H2,1-5H3. The highest BCUT2D eigenvalue weighted by Gasteiger charge is 2.22. The van der Waals surface area contributed by atoms with Gasteiger partial charge in [0.15, 0.2) is 9.04 Å². The van der Waals surface area contributed by atoms with Gasteiger partial charge in [0.25, 0.3) is 0 Å². The smallest absolute Gasteiger partial charge is 0.171 e. The molecule has 0 aromatic heterocycles. The minimum absolute atomic E-state index is 0.00586. The average Bonchev–Trinajstić information content (AvgIpc) is 2.89. The lowest BCUT2D eigenvalue weighted by Crippen LogP contribution is -2.15. The van der Waals surface area contributed by atoms with E-state index in [1.807, 2.05) is 0 Å². The van der Waals surface area contributed by atoms with Gasteiger partial charge in [-0.1, -0.05) is 99.6 Å². The molecule has 37 heavy (non-hydrogen) atoms. The largest absolute Gasteiger partial charge is 0.416 e. The summed E-state index contributed by atoms with van der Waals surface area (Å²) in [7, 11) is -1.24. The fourth-order valence-corrected chi connectivity index (χ4v) is 6.35. The van der Waals surface area contributed by atoms with Gasteiger partial charge in [-0.3, -0.25) is 0 Å². The van der Waals surface area contributed by atoms with Crippen LogP contribution in [0.25, 0.3) is 54.2 Å². The number of benzene rings is 6. The summed E-state index contributed by atoms with van der Waals surface area (Å²) in [6.07, 6.45) is 0. The minimum atomic E-state index is -1.24. The van der Waals surface area contributed by atoms with Gasteiger partial charge in [-0.05, 0) is 89.4 Å². The van der Waals surface area contributed by atoms with E-state index < -0.39 is 9.04 Å². The van der Waals surface area contributed by atoms with E-state index in [1.54, 1.807) is 0 Å². The molecule has 0 heterocycles. The minimum Gasteiger partial charge on any atom is -0.416 e. The Labute approximate surface area is 220 Å². The lowest BCUT2D eigenvalue weighted by molar-refractivity contribution is 0.271. The van der Waals surface area contributed by atoms with Crippen molar-refractivity contribution in [1.29, 1.82) is 0 Å². The van der Waals surface area contributed by atoms with Gasteiger partial charge in [0.05, 0.1) is 13.2 Å². The van der Waals surface area contributed by atoms with E-state index in [0.717, 1.165) is 11.1 Å². The van der Waals surface area contributed by atoms with Crippen molar-refractivity contribution in [2.45, 2.75) is 52.5 Å². The third kappa shape index (κ3) is 3.93. The molecular weight excluding hydrogens is 468 g/mol. The van der Waals surface area contributed by atoms with Crippen molar-refractivity contribution in [3.63, 3.8) is 0 Å². The van der Waals surface area contributed by atoms with E-state index in [0.29, 0.717) is 6.61 Å². The molecule has 186 valence electrons. The molecular formula is C34H34O2Si. The van der Waals surface area contributed by atoms with Crippen molar-refractivity contribution in [2.24, 2.45) is 0 Å². The second kappa shape index (κ2) is 8.95. The quantitative estimate of drug-likeness (QED) is 0.145. The van der Waals surface area contributed by atoms with Gasteiger partial charge in [0.2, 0.25) is 0 Å². The number of rotatable bonds is 5. The number of aliphatic hydroxyl groups is 1. The third-order valence-electron chi connectivity index (χ3n) is 7.76. The van der Waals surface area contributed by atoms with Crippen LogP contribution in [0.5, 0.6) is 0 Å². The molecule has 0 bridgehead atoms. The Bertz CT molecular complexity index is 1730. The first kappa shape index (κ1) is 24.1. The van der Waals surface area contributed by atoms with Crippen molar-refractivity contribution in [3.8, 4) is 11.1 Å². The van der Waals surface area contributed by atoms with Crippen LogP contribution in [0.3, 0.4) is 0 Å². The topological polar surface area (TPSA) is 29.5 Å². The van der Waals surface area contributed by atoms with Crippen LogP contribution in [0.4, 0.5) is 0 Å². The Morgan fingerprint density at radius 2 is 1.30 bits per heavy atom. The van der Waals surface area contributed by atoms with Gasteiger partial charge in [0.1, 0.15) is 0 Å². The van der Waals surface area contributed by atoms with Gasteiger partial charge in [0, 0.05) is 0 Å². The van der Waals surface area contributed by atoms with E-state index in [2.05, 4.69) is 113 Å². The van der Waals surface area contributed by atoms with Crippen molar-refractivity contribution >= 4 is 52.1 Å². The van der Waals surface area contributed by atoms with Crippen LogP contribution in [-0.2, 0) is 23.1 Å². The molecule has 0 aliphatic rings. The zero-order valence-electron chi connectivity index (χ0n) is 22.4. The average molecular weight is 503 g/mol. The molecule has 0 atom stereocenters. The number of hydrogen-bond donors (Lipinski definition) is 1. The third-order valence-corrected chi connectivity index (χ3v) is 8.59. The van der Waals surface area contributed by atoms with E-state index in [9.17, 15) is 5.11 Å². The lowest BCUT2D eigenvalue weighted by Gasteiger charge is -2.25. The van der Waals surface area contributed by atoms with E-state index in [-0.39, 0.29) is 12.0 Å². The lowest BCUT2D eigenvalue weighted by atomic mass is 9.81. The Balaban J connectivity index is 1.73. The SMILES string of the molecule is C[SiH](C)OCc1c(CO)cc(C(C)(C)C)cc1-c1ccc2c3cccc4cccc(c5cccc1c52)c43. The molecule has 6 aromatic carbocycles. The van der Waals surface area contributed by atoms with E-state index >= 15 is 0 Å². The second-order valence-electron chi connectivity index (χ2n) is 11.5. The van der Waals surface area contributed by atoms with Crippen LogP contribution in [0.2, 0.25) is 13.1 Å². The first-order valence-electron chi connectivity index (χ1n) is 13.2. The van der Waals surface area contributed by atoms with E-state index in [4.69, 9.17) is 4.43 Å². The van der Waals surface area contributed by atoms with Crippen molar-refractivity contribution in [2.75, 3.05) is 0 Å². The van der Waals surface area contributed by atoms with Crippen molar-refractivity contribution in [3.05, 3.63) is 95.6 Å². The molecule has 0 unspecified atom stereocenters. The highest BCUT2D eigenvalue weighted by Crippen LogP contribution is 2.44. The summed E-state index contributed by atoms with van der Waals surface area (Å²) >= 11 is 0. The number of hydrogen-bond acceptors (Lipinski definition) is 2. The molecule has 6 aromatic rings. The maximum absolute atomic E-state index is 10.4. The molecule has 0 fully saturated rings. The van der Waals surface area contributed by atoms with Crippen molar-refractivity contribution < 1.29 is 9.53 Å². The summed E-state index contributed by atoms with van der Waals surface area (Å²) in [5, 5.41) is 20.8. The fraction of sp³-hybridized carbons (Fsp3) is 0.235. The van der Waals surface area contributed by atoms with Gasteiger partial charge in [-0.15, -0.1) is 0 Å². The maximum atomic E-state index is 10.4. The number of aliphatic hydroxyl groups excluding tert-OH is 1. The molecule has 6 rings (SSSR count). The Morgan fingerprint density at radius 3 is 1.92 bits per heavy atom. The highest BCUT2D eigenvalue weighted by molar-refractivity contribution is 6.48. The summed E-state index contributed by atoms with van der Waals surface area (Å²) in [4.78, 5) is 0. The zero-order chi connectivity index (χ0) is 25.9. The molecule has 0 saturated carbocycles. The monoisotopic (exact) mass is 502 g/mol. The van der Waals surface area contributed by atoms with Crippen LogP contribution in [0, 0.1) is 0 Å². The Hall–Kier alpha value is -3.24. The Morgan fingerprint density at radius 1 is 0.703 bits per heavy atom. The molecule has 0 spiro atoms. The molecule has 0 aliphatic heterocycles. The normalized spacial score (nSPS) is 12.6. The van der Waals surface area contributed by atoms with Gasteiger partial charge < -0.3 is 9.53 Å². The van der Waals surface area contributed by atoms with Crippen LogP contribution in [0.1, 0.15) is 37.5 Å². The molecule has 0 radical (unpaired) electrons. The summed E-state index contributed by atoms with van der Waals surface area (Å²) in [6.45, 7) is 11.6. The van der Waals surface area contributed by atoms with Crippen LogP contribution in [-0.4, -0.2) is 14.1 Å². The van der Waals surface area contributed by atoms with Crippen LogP contribution < -0.4 is 0 Å². The second-order valence-corrected chi connectivity index (χ2v) is 14.0. The highest BCUT2D eigenvalue weighted by atomic mass is 28.3. The van der Waals surface area contributed by atoms with Gasteiger partial charge >= 0.3 is 0 Å².